The van der Waals surface area contributed by atoms with Gasteiger partial charge in [-0.05, 0) is 19.3 Å². The predicted octanol–water partition coefficient (Wildman–Crippen LogP) is 1.00. The summed E-state index contributed by atoms with van der Waals surface area (Å²) in [7, 11) is 1.06. The number of halogens is 1. The summed E-state index contributed by atoms with van der Waals surface area (Å²) in [5, 5.41) is 8.46. The molecule has 0 amide bonds. The van der Waals surface area contributed by atoms with Crippen molar-refractivity contribution in [2.24, 2.45) is 0 Å². The molecule has 0 saturated carbocycles. The molecule has 0 fully saturated rings. The molecule has 1 aliphatic carbocycles. The van der Waals surface area contributed by atoms with Crippen LogP contribution in [-0.4, -0.2) is 18.7 Å². The van der Waals surface area contributed by atoms with E-state index in [2.05, 4.69) is 0 Å². The molecule has 0 bridgehead atoms. The SMILES string of the molecule is O[B]C1=CCC(F)CC1. The van der Waals surface area contributed by atoms with Crippen LogP contribution in [0.3, 0.4) is 0 Å². The van der Waals surface area contributed by atoms with Crippen LogP contribution in [0.25, 0.3) is 0 Å². The second-order valence-electron chi connectivity index (χ2n) is 2.28. The number of alkyl halides is 1. The molecule has 1 nitrogen and oxygen atoms in total. The van der Waals surface area contributed by atoms with Crippen molar-refractivity contribution in [3.8, 4) is 0 Å². The number of hydrogen-bond acceptors (Lipinski definition) is 1. The zero-order chi connectivity index (χ0) is 6.69. The minimum absolute atomic E-state index is 0.465. The van der Waals surface area contributed by atoms with Gasteiger partial charge in [0, 0.05) is 0 Å². The van der Waals surface area contributed by atoms with Crippen molar-refractivity contribution in [3.63, 3.8) is 0 Å². The first-order valence-corrected chi connectivity index (χ1v) is 3.13. The van der Waals surface area contributed by atoms with Gasteiger partial charge in [-0.25, -0.2) is 4.39 Å². The van der Waals surface area contributed by atoms with Crippen molar-refractivity contribution < 1.29 is 9.41 Å². The topological polar surface area (TPSA) is 20.2 Å². The van der Waals surface area contributed by atoms with Gasteiger partial charge in [0.15, 0.2) is 0 Å². The van der Waals surface area contributed by atoms with Gasteiger partial charge in [-0.1, -0.05) is 11.5 Å². The Hall–Kier alpha value is -0.305. The van der Waals surface area contributed by atoms with Crippen LogP contribution in [0, 0.1) is 0 Å². The van der Waals surface area contributed by atoms with Crippen molar-refractivity contribution in [2.45, 2.75) is 25.4 Å². The smallest absolute Gasteiger partial charge is 0.321 e. The van der Waals surface area contributed by atoms with Crippen LogP contribution < -0.4 is 0 Å². The maximum Gasteiger partial charge on any atom is 0.321 e. The van der Waals surface area contributed by atoms with Crippen LogP contribution in [0.5, 0.6) is 0 Å². The lowest BCUT2D eigenvalue weighted by Crippen LogP contribution is -2.08. The molecule has 0 aromatic carbocycles. The summed E-state index contributed by atoms with van der Waals surface area (Å²) in [6, 6.07) is 0. The standard InChI is InChI=1S/C6H9BFO/c8-6-3-1-5(7-9)2-4-6/h1,6,9H,2-4H2. The molecule has 9 heavy (non-hydrogen) atoms. The average Bonchev–Trinajstić information content (AvgIpc) is 1.90. The minimum atomic E-state index is -0.686. The Bertz CT molecular complexity index is 124. The van der Waals surface area contributed by atoms with E-state index in [-0.39, 0.29) is 0 Å². The third-order valence-corrected chi connectivity index (χ3v) is 1.55. The van der Waals surface area contributed by atoms with Crippen molar-refractivity contribution in [3.05, 3.63) is 11.5 Å². The summed E-state index contributed by atoms with van der Waals surface area (Å²) >= 11 is 0. The second kappa shape index (κ2) is 3.02. The van der Waals surface area contributed by atoms with Gasteiger partial charge >= 0.3 is 7.48 Å². The second-order valence-corrected chi connectivity index (χ2v) is 2.28. The fraction of sp³-hybridized carbons (Fsp3) is 0.667. The Labute approximate surface area is 54.9 Å². The minimum Gasteiger partial charge on any atom is -0.450 e. The van der Waals surface area contributed by atoms with Gasteiger partial charge in [0.1, 0.15) is 6.17 Å². The van der Waals surface area contributed by atoms with Crippen molar-refractivity contribution >= 4 is 7.48 Å². The molecular weight excluding hydrogens is 118 g/mol. The molecule has 1 aliphatic rings. The van der Waals surface area contributed by atoms with Crippen LogP contribution in [0.1, 0.15) is 19.3 Å². The van der Waals surface area contributed by atoms with E-state index < -0.39 is 6.17 Å². The van der Waals surface area contributed by atoms with Gasteiger partial charge in [-0.3, -0.25) is 0 Å². The lowest BCUT2D eigenvalue weighted by molar-refractivity contribution is 0.309. The van der Waals surface area contributed by atoms with E-state index in [9.17, 15) is 4.39 Å². The third-order valence-electron chi connectivity index (χ3n) is 1.55. The van der Waals surface area contributed by atoms with E-state index in [1.807, 2.05) is 0 Å². The van der Waals surface area contributed by atoms with E-state index >= 15 is 0 Å². The van der Waals surface area contributed by atoms with Gasteiger partial charge < -0.3 is 5.02 Å². The molecule has 1 atom stereocenters. The lowest BCUT2D eigenvalue weighted by Gasteiger charge is -2.12. The van der Waals surface area contributed by atoms with E-state index in [1.54, 1.807) is 6.08 Å². The van der Waals surface area contributed by atoms with Crippen molar-refractivity contribution in [2.75, 3.05) is 0 Å². The van der Waals surface area contributed by atoms with Gasteiger partial charge in [-0.15, -0.1) is 0 Å². The molecule has 0 spiro atoms. The Balaban J connectivity index is 2.40. The summed E-state index contributed by atoms with van der Waals surface area (Å²) in [6.45, 7) is 0. The largest absolute Gasteiger partial charge is 0.450 e. The van der Waals surface area contributed by atoms with Gasteiger partial charge in [-0.2, -0.15) is 0 Å². The molecule has 0 aromatic rings. The molecule has 0 aliphatic heterocycles. The highest BCUT2D eigenvalue weighted by Crippen LogP contribution is 2.18. The van der Waals surface area contributed by atoms with Crippen LogP contribution in [0.4, 0.5) is 4.39 Å². The fourth-order valence-corrected chi connectivity index (χ4v) is 0.940. The Morgan fingerprint density at radius 3 is 3.00 bits per heavy atom. The highest BCUT2D eigenvalue weighted by molar-refractivity contribution is 6.36. The first kappa shape index (κ1) is 6.81. The lowest BCUT2D eigenvalue weighted by atomic mass is 9.80. The highest BCUT2D eigenvalue weighted by atomic mass is 19.1. The monoisotopic (exact) mass is 127 g/mol. The summed E-state index contributed by atoms with van der Waals surface area (Å²) in [5.74, 6) is 0. The van der Waals surface area contributed by atoms with Crippen LogP contribution in [0.2, 0.25) is 0 Å². The molecule has 1 radical (unpaired) electrons. The van der Waals surface area contributed by atoms with E-state index in [0.717, 1.165) is 13.0 Å². The fourth-order valence-electron chi connectivity index (χ4n) is 0.940. The third kappa shape index (κ3) is 1.82. The summed E-state index contributed by atoms with van der Waals surface area (Å²) in [6.07, 6.45) is 2.76. The van der Waals surface area contributed by atoms with Crippen molar-refractivity contribution in [1.29, 1.82) is 0 Å². The molecule has 1 rings (SSSR count). The maximum atomic E-state index is 12.4. The molecule has 1 N–H and O–H groups in total. The zero-order valence-electron chi connectivity index (χ0n) is 5.18. The quantitative estimate of drug-likeness (QED) is 0.521. The summed E-state index contributed by atoms with van der Waals surface area (Å²) < 4.78 is 12.4. The summed E-state index contributed by atoms with van der Waals surface area (Å²) in [5.41, 5.74) is 0.865. The molecule has 3 heteroatoms. The predicted molar refractivity (Wildman–Crippen MR) is 34.8 cm³/mol. The average molecular weight is 127 g/mol. The van der Waals surface area contributed by atoms with Crippen LogP contribution >= 0.6 is 0 Å². The molecule has 0 saturated heterocycles. The van der Waals surface area contributed by atoms with Crippen LogP contribution in [-0.2, 0) is 0 Å². The van der Waals surface area contributed by atoms with Gasteiger partial charge in [0.25, 0.3) is 0 Å². The van der Waals surface area contributed by atoms with Crippen LogP contribution in [0.15, 0.2) is 11.5 Å². The number of hydrogen-bond donors (Lipinski definition) is 1. The number of rotatable bonds is 1. The molecule has 0 aromatic heterocycles. The Morgan fingerprint density at radius 2 is 2.56 bits per heavy atom. The number of allylic oxidation sites excluding steroid dienone is 2. The summed E-state index contributed by atoms with van der Waals surface area (Å²) in [4.78, 5) is 0. The Kier molecular flexibility index (Phi) is 2.28. The highest BCUT2D eigenvalue weighted by Gasteiger charge is 2.12. The zero-order valence-corrected chi connectivity index (χ0v) is 5.18. The first-order chi connectivity index (χ1) is 4.33. The normalized spacial score (nSPS) is 27.3. The van der Waals surface area contributed by atoms with E-state index in [4.69, 9.17) is 5.02 Å². The Morgan fingerprint density at radius 1 is 1.78 bits per heavy atom. The molecular formula is C6H9BFO. The molecule has 0 heterocycles. The molecule has 1 unspecified atom stereocenters. The van der Waals surface area contributed by atoms with Crippen molar-refractivity contribution in [1.82, 2.24) is 0 Å². The van der Waals surface area contributed by atoms with E-state index in [1.165, 1.54) is 0 Å². The van der Waals surface area contributed by atoms with E-state index in [0.29, 0.717) is 19.3 Å². The van der Waals surface area contributed by atoms with Gasteiger partial charge in [0.05, 0.1) is 0 Å². The first-order valence-electron chi connectivity index (χ1n) is 3.13. The van der Waals surface area contributed by atoms with Gasteiger partial charge in [0.2, 0.25) is 0 Å². The molecule has 49 valence electrons. The maximum absolute atomic E-state index is 12.4.